The number of halogens is 2. The van der Waals surface area contributed by atoms with Gasteiger partial charge in [-0.1, -0.05) is 44.2 Å². The quantitative estimate of drug-likeness (QED) is 0.320. The second-order valence-electron chi connectivity index (χ2n) is 9.31. The lowest BCUT2D eigenvalue weighted by molar-refractivity contribution is -0.142. The van der Waals surface area contributed by atoms with Crippen molar-refractivity contribution in [3.8, 4) is 0 Å². The van der Waals surface area contributed by atoms with Crippen molar-refractivity contribution in [1.29, 1.82) is 0 Å². The monoisotopic (exact) mass is 569 g/mol. The summed E-state index contributed by atoms with van der Waals surface area (Å²) in [6.45, 7) is 2.64. The summed E-state index contributed by atoms with van der Waals surface area (Å²) in [5.74, 6) is -3.16. The van der Waals surface area contributed by atoms with Crippen molar-refractivity contribution < 1.29 is 29.1 Å². The van der Waals surface area contributed by atoms with Gasteiger partial charge < -0.3 is 31.3 Å². The van der Waals surface area contributed by atoms with Crippen LogP contribution in [0.4, 0.5) is 0 Å². The molecular weight excluding hydrogens is 537 g/mol. The highest BCUT2D eigenvalue weighted by molar-refractivity contribution is 6.32. The van der Waals surface area contributed by atoms with Crippen molar-refractivity contribution in [2.24, 2.45) is 0 Å². The van der Waals surface area contributed by atoms with Crippen LogP contribution >= 0.6 is 23.2 Å². The van der Waals surface area contributed by atoms with E-state index in [2.05, 4.69) is 21.3 Å². The van der Waals surface area contributed by atoms with Gasteiger partial charge in [0, 0.05) is 6.54 Å². The molecule has 11 nitrogen and oxygen atoms in total. The van der Waals surface area contributed by atoms with Crippen LogP contribution < -0.4 is 21.3 Å². The van der Waals surface area contributed by atoms with Crippen LogP contribution in [0.15, 0.2) is 30.3 Å². The van der Waals surface area contributed by atoms with Crippen molar-refractivity contribution in [2.45, 2.75) is 74.1 Å². The number of hydrogen-bond acceptors (Lipinski definition) is 6. The van der Waals surface area contributed by atoms with E-state index in [4.69, 9.17) is 23.2 Å². The lowest BCUT2D eigenvalue weighted by Gasteiger charge is -2.31. The molecule has 2 saturated heterocycles. The number of fused-ring (bicyclic) bond motifs is 1. The number of carbonyl (C=O) groups is 5. The Kier molecular flexibility index (Phi) is 10.3. The van der Waals surface area contributed by atoms with Gasteiger partial charge in [0.2, 0.25) is 29.5 Å². The first kappa shape index (κ1) is 29.7. The average Bonchev–Trinajstić information content (AvgIpc) is 3.21. The van der Waals surface area contributed by atoms with E-state index in [1.165, 1.54) is 4.90 Å². The minimum Gasteiger partial charge on any atom is -0.394 e. The van der Waals surface area contributed by atoms with E-state index in [1.54, 1.807) is 44.2 Å². The zero-order chi connectivity index (χ0) is 28.0. The standard InChI is InChI=1S/C25H33Cl2N5O6/c1-3-15-22(35)31-18(12-33)23(36)30-17(13-8-6-5-7-9-13)10-19(34)28-16(4-2)25(38)32-11-14(26)20(27)21(32)24(37)29-15/h5-9,14-18,20-21,33H,3-4,10-12H2,1-2H3,(H,28,34)(H,29,37)(H,30,36)(H,31,35)/t14-,15-,16+,17-,18-,20-,21+/m0/s1. The van der Waals surface area contributed by atoms with Gasteiger partial charge in [0.1, 0.15) is 24.2 Å². The van der Waals surface area contributed by atoms with Crippen molar-refractivity contribution in [3.05, 3.63) is 35.9 Å². The molecule has 0 aliphatic carbocycles. The van der Waals surface area contributed by atoms with Crippen LogP contribution in [0, 0.1) is 0 Å². The molecule has 0 radical (unpaired) electrons. The maximum Gasteiger partial charge on any atom is 0.245 e. The number of aliphatic hydroxyl groups is 1. The van der Waals surface area contributed by atoms with Gasteiger partial charge in [-0.25, -0.2) is 0 Å². The smallest absolute Gasteiger partial charge is 0.245 e. The predicted molar refractivity (Wildman–Crippen MR) is 140 cm³/mol. The number of carbonyl (C=O) groups excluding carboxylic acids is 5. The summed E-state index contributed by atoms with van der Waals surface area (Å²) in [6.07, 6.45) is 0.170. The second-order valence-corrected chi connectivity index (χ2v) is 10.4. The summed E-state index contributed by atoms with van der Waals surface area (Å²) in [5.41, 5.74) is 0.618. The number of rotatable bonds is 4. The molecule has 2 aliphatic heterocycles. The molecule has 208 valence electrons. The number of aliphatic hydroxyl groups excluding tert-OH is 1. The molecule has 5 amide bonds. The van der Waals surface area contributed by atoms with Crippen LogP contribution in [0.5, 0.6) is 0 Å². The van der Waals surface area contributed by atoms with Crippen LogP contribution in [0.3, 0.4) is 0 Å². The van der Waals surface area contributed by atoms with Crippen molar-refractivity contribution in [2.75, 3.05) is 13.2 Å². The SMILES string of the molecule is CC[C@@H]1NC(=O)[C@H]2[C@@H](Cl)[C@@H](Cl)CN2C(=O)[C@@H](CC)NC(=O)C[C@@H](c2ccccc2)NC(=O)[C@H](CO)NC1=O. The summed E-state index contributed by atoms with van der Waals surface area (Å²) in [4.78, 5) is 67.0. The van der Waals surface area contributed by atoms with Gasteiger partial charge in [-0.2, -0.15) is 0 Å². The van der Waals surface area contributed by atoms with E-state index in [-0.39, 0.29) is 25.8 Å². The van der Waals surface area contributed by atoms with Gasteiger partial charge in [0.15, 0.2) is 0 Å². The number of benzene rings is 1. The fraction of sp³-hybridized carbons (Fsp3) is 0.560. The fourth-order valence-corrected chi connectivity index (χ4v) is 5.17. The fourth-order valence-electron chi connectivity index (χ4n) is 4.55. The van der Waals surface area contributed by atoms with Crippen molar-refractivity contribution in [3.63, 3.8) is 0 Å². The van der Waals surface area contributed by atoms with E-state index in [9.17, 15) is 29.1 Å². The third-order valence-corrected chi connectivity index (χ3v) is 7.79. The van der Waals surface area contributed by atoms with Gasteiger partial charge in [0.05, 0.1) is 29.8 Å². The highest BCUT2D eigenvalue weighted by atomic mass is 35.5. The molecule has 0 aromatic heterocycles. The molecule has 2 heterocycles. The van der Waals surface area contributed by atoms with Crippen molar-refractivity contribution >= 4 is 52.7 Å². The van der Waals surface area contributed by atoms with Gasteiger partial charge in [0.25, 0.3) is 0 Å². The highest BCUT2D eigenvalue weighted by Gasteiger charge is 2.48. The van der Waals surface area contributed by atoms with Crippen LogP contribution in [0.1, 0.15) is 44.7 Å². The molecular formula is C25H33Cl2N5O6. The summed E-state index contributed by atoms with van der Waals surface area (Å²) in [7, 11) is 0. The molecule has 7 atom stereocenters. The molecule has 2 aliphatic rings. The van der Waals surface area contributed by atoms with E-state index < -0.39 is 77.1 Å². The summed E-state index contributed by atoms with van der Waals surface area (Å²) in [5, 5.41) is 18.6. The van der Waals surface area contributed by atoms with E-state index in [1.807, 2.05) is 0 Å². The Morgan fingerprint density at radius 3 is 2.05 bits per heavy atom. The zero-order valence-corrected chi connectivity index (χ0v) is 22.7. The Hall–Kier alpha value is -2.89. The lowest BCUT2D eigenvalue weighted by Crippen LogP contribution is -2.60. The van der Waals surface area contributed by atoms with Crippen LogP contribution in [-0.4, -0.2) is 87.6 Å². The molecule has 0 unspecified atom stereocenters. The Bertz CT molecular complexity index is 1040. The molecule has 13 heteroatoms. The third kappa shape index (κ3) is 6.75. The molecule has 38 heavy (non-hydrogen) atoms. The lowest BCUT2D eigenvalue weighted by atomic mass is 10.0. The molecule has 0 bridgehead atoms. The number of nitrogens with zero attached hydrogens (tertiary/aromatic N) is 1. The number of alkyl halides is 2. The van der Waals surface area contributed by atoms with Gasteiger partial charge in [-0.3, -0.25) is 24.0 Å². The predicted octanol–water partition coefficient (Wildman–Crippen LogP) is -0.0601. The topological polar surface area (TPSA) is 157 Å². The first-order valence-electron chi connectivity index (χ1n) is 12.6. The van der Waals surface area contributed by atoms with Crippen molar-refractivity contribution in [1.82, 2.24) is 26.2 Å². The van der Waals surface area contributed by atoms with Crippen LogP contribution in [-0.2, 0) is 24.0 Å². The molecule has 0 spiro atoms. The minimum atomic E-state index is -1.34. The molecule has 2 fully saturated rings. The Morgan fingerprint density at radius 2 is 1.45 bits per heavy atom. The Morgan fingerprint density at radius 1 is 0.842 bits per heavy atom. The molecule has 0 saturated carbocycles. The molecule has 3 rings (SSSR count). The number of amides is 5. The molecule has 1 aromatic rings. The summed E-state index contributed by atoms with van der Waals surface area (Å²) in [6, 6.07) is 3.36. The van der Waals surface area contributed by atoms with Crippen LogP contribution in [0.25, 0.3) is 0 Å². The van der Waals surface area contributed by atoms with E-state index >= 15 is 0 Å². The number of nitrogens with one attached hydrogen (secondary N) is 4. The maximum atomic E-state index is 13.5. The van der Waals surface area contributed by atoms with Gasteiger partial charge in [-0.05, 0) is 18.4 Å². The summed E-state index contributed by atoms with van der Waals surface area (Å²) >= 11 is 12.8. The average molecular weight is 570 g/mol. The van der Waals surface area contributed by atoms with Gasteiger partial charge in [-0.15, -0.1) is 23.2 Å². The Labute approximate surface area is 231 Å². The Balaban J connectivity index is 2.00. The summed E-state index contributed by atoms with van der Waals surface area (Å²) < 4.78 is 0. The third-order valence-electron chi connectivity index (χ3n) is 6.71. The van der Waals surface area contributed by atoms with Crippen LogP contribution in [0.2, 0.25) is 0 Å². The molecule has 5 N–H and O–H groups in total. The first-order chi connectivity index (χ1) is 18.1. The number of hydrogen-bond donors (Lipinski definition) is 5. The maximum absolute atomic E-state index is 13.5. The first-order valence-corrected chi connectivity index (χ1v) is 13.4. The molecule has 1 aromatic carbocycles. The minimum absolute atomic E-state index is 0.0166. The van der Waals surface area contributed by atoms with E-state index in [0.29, 0.717) is 5.56 Å². The highest BCUT2D eigenvalue weighted by Crippen LogP contribution is 2.29. The van der Waals surface area contributed by atoms with E-state index in [0.717, 1.165) is 0 Å². The normalized spacial score (nSPS) is 31.7. The zero-order valence-electron chi connectivity index (χ0n) is 21.2. The van der Waals surface area contributed by atoms with Gasteiger partial charge >= 0.3 is 0 Å². The second kappa shape index (κ2) is 13.3. The largest absolute Gasteiger partial charge is 0.394 e.